The van der Waals surface area contributed by atoms with Gasteiger partial charge in [0.25, 0.3) is 0 Å². The normalized spacial score (nSPS) is 15.0. The maximum atomic E-state index is 12.8. The minimum absolute atomic E-state index is 0.321. The van der Waals surface area contributed by atoms with E-state index in [-0.39, 0.29) is 0 Å². The number of methoxy groups -OCH3 is 1. The molecule has 31 heavy (non-hydrogen) atoms. The summed E-state index contributed by atoms with van der Waals surface area (Å²) < 4.78 is 32.4. The van der Waals surface area contributed by atoms with Crippen LogP contribution < -0.4 is 15.0 Å². The zero-order chi connectivity index (χ0) is 21.8. The molecule has 0 radical (unpaired) electrons. The molecule has 162 valence electrons. The van der Waals surface area contributed by atoms with Crippen LogP contribution in [0.1, 0.15) is 5.69 Å². The number of piperazine rings is 1. The van der Waals surface area contributed by atoms with Crippen LogP contribution >= 0.6 is 0 Å². The Bertz CT molecular complexity index is 1130. The van der Waals surface area contributed by atoms with E-state index in [1.165, 1.54) is 4.31 Å². The van der Waals surface area contributed by atoms with Crippen molar-refractivity contribution in [2.75, 3.05) is 43.5 Å². The molecule has 2 aromatic carbocycles. The fraction of sp³-hybridized carbons (Fsp3) is 0.273. The minimum Gasteiger partial charge on any atom is -0.497 e. The molecule has 1 fully saturated rings. The van der Waals surface area contributed by atoms with Crippen molar-refractivity contribution in [3.05, 3.63) is 66.4 Å². The number of nitrogens with one attached hydrogen (secondary N) is 1. The van der Waals surface area contributed by atoms with Crippen molar-refractivity contribution >= 4 is 27.5 Å². The predicted molar refractivity (Wildman–Crippen MR) is 120 cm³/mol. The Labute approximate surface area is 182 Å². The smallest absolute Gasteiger partial charge is 0.243 e. The SMILES string of the molecule is COc1ccc(Nc2cc(C)nc(N3CCN(S(=O)(=O)c4ccccc4)CC3)n2)cc1. The summed E-state index contributed by atoms with van der Waals surface area (Å²) in [7, 11) is -1.85. The number of anilines is 3. The van der Waals surface area contributed by atoms with Gasteiger partial charge in [-0.1, -0.05) is 18.2 Å². The maximum absolute atomic E-state index is 12.8. The summed E-state index contributed by atoms with van der Waals surface area (Å²) in [5.41, 5.74) is 1.73. The standard InChI is InChI=1S/C22H25N5O3S/c1-17-16-21(24-18-8-10-19(30-2)11-9-18)25-22(23-17)26-12-14-27(15-13-26)31(28,29)20-6-4-3-5-7-20/h3-11,16H,12-15H2,1-2H3,(H,23,24,25). The molecule has 8 nitrogen and oxygen atoms in total. The van der Waals surface area contributed by atoms with Crippen LogP contribution in [-0.2, 0) is 10.0 Å². The van der Waals surface area contributed by atoms with Crippen LogP contribution in [0.5, 0.6) is 5.75 Å². The van der Waals surface area contributed by atoms with Crippen LogP contribution in [0.25, 0.3) is 0 Å². The Morgan fingerprint density at radius 1 is 0.935 bits per heavy atom. The highest BCUT2D eigenvalue weighted by Gasteiger charge is 2.29. The average molecular weight is 440 g/mol. The summed E-state index contributed by atoms with van der Waals surface area (Å²) in [6, 6.07) is 18.0. The average Bonchev–Trinajstić information content (AvgIpc) is 2.80. The van der Waals surface area contributed by atoms with Gasteiger partial charge in [-0.15, -0.1) is 0 Å². The first-order chi connectivity index (χ1) is 15.0. The molecule has 2 heterocycles. The number of nitrogens with zero attached hydrogens (tertiary/aromatic N) is 4. The zero-order valence-corrected chi connectivity index (χ0v) is 18.3. The molecule has 0 bridgehead atoms. The lowest BCUT2D eigenvalue weighted by Crippen LogP contribution is -2.49. The molecule has 0 saturated carbocycles. The maximum Gasteiger partial charge on any atom is 0.243 e. The van der Waals surface area contributed by atoms with Gasteiger partial charge >= 0.3 is 0 Å². The summed E-state index contributed by atoms with van der Waals surface area (Å²) >= 11 is 0. The fourth-order valence-electron chi connectivity index (χ4n) is 3.45. The predicted octanol–water partition coefficient (Wildman–Crippen LogP) is 3.05. The third kappa shape index (κ3) is 4.78. The number of aryl methyl sites for hydroxylation is 1. The van der Waals surface area contributed by atoms with Crippen molar-refractivity contribution in [1.82, 2.24) is 14.3 Å². The van der Waals surface area contributed by atoms with E-state index >= 15 is 0 Å². The second-order valence-electron chi connectivity index (χ2n) is 7.25. The van der Waals surface area contributed by atoms with E-state index in [4.69, 9.17) is 4.74 Å². The van der Waals surface area contributed by atoms with Gasteiger partial charge in [-0.2, -0.15) is 9.29 Å². The highest BCUT2D eigenvalue weighted by Crippen LogP contribution is 2.23. The first-order valence-corrected chi connectivity index (χ1v) is 11.5. The summed E-state index contributed by atoms with van der Waals surface area (Å²) in [6.45, 7) is 3.74. The molecule has 1 N–H and O–H groups in total. The number of hydrogen-bond acceptors (Lipinski definition) is 7. The van der Waals surface area contributed by atoms with E-state index in [1.54, 1.807) is 31.4 Å². The summed E-state index contributed by atoms with van der Waals surface area (Å²) in [6.07, 6.45) is 0. The molecule has 1 aliphatic heterocycles. The number of hydrogen-bond donors (Lipinski definition) is 1. The van der Waals surface area contributed by atoms with Crippen LogP contribution in [0, 0.1) is 6.92 Å². The third-order valence-electron chi connectivity index (χ3n) is 5.11. The van der Waals surface area contributed by atoms with E-state index in [9.17, 15) is 8.42 Å². The van der Waals surface area contributed by atoms with E-state index in [0.717, 1.165) is 17.1 Å². The molecule has 0 aliphatic carbocycles. The van der Waals surface area contributed by atoms with Gasteiger partial charge in [0.15, 0.2) is 0 Å². The highest BCUT2D eigenvalue weighted by atomic mass is 32.2. The molecule has 0 atom stereocenters. The van der Waals surface area contributed by atoms with Gasteiger partial charge in [0.2, 0.25) is 16.0 Å². The van der Waals surface area contributed by atoms with Gasteiger partial charge in [-0.3, -0.25) is 0 Å². The number of sulfonamides is 1. The fourth-order valence-corrected chi connectivity index (χ4v) is 4.89. The van der Waals surface area contributed by atoms with Gasteiger partial charge in [-0.25, -0.2) is 13.4 Å². The van der Waals surface area contributed by atoms with Crippen molar-refractivity contribution in [3.8, 4) is 5.75 Å². The third-order valence-corrected chi connectivity index (χ3v) is 7.02. The van der Waals surface area contributed by atoms with E-state index < -0.39 is 10.0 Å². The van der Waals surface area contributed by atoms with Crippen molar-refractivity contribution in [2.24, 2.45) is 0 Å². The molecule has 0 spiro atoms. The minimum atomic E-state index is -3.49. The Kier molecular flexibility index (Phi) is 6.06. The van der Waals surface area contributed by atoms with Crippen molar-refractivity contribution < 1.29 is 13.2 Å². The summed E-state index contributed by atoms with van der Waals surface area (Å²) in [5.74, 6) is 2.06. The van der Waals surface area contributed by atoms with E-state index in [2.05, 4.69) is 15.3 Å². The largest absolute Gasteiger partial charge is 0.497 e. The van der Waals surface area contributed by atoms with Gasteiger partial charge in [0.1, 0.15) is 11.6 Å². The van der Waals surface area contributed by atoms with E-state index in [0.29, 0.717) is 42.8 Å². The molecule has 1 aliphatic rings. The molecule has 1 aromatic heterocycles. The zero-order valence-electron chi connectivity index (χ0n) is 17.5. The molecule has 0 unspecified atom stereocenters. The van der Waals surface area contributed by atoms with Gasteiger partial charge in [-0.05, 0) is 43.3 Å². The lowest BCUT2D eigenvalue weighted by molar-refractivity contribution is 0.382. The van der Waals surface area contributed by atoms with Crippen LogP contribution in [0.15, 0.2) is 65.6 Å². The quantitative estimate of drug-likeness (QED) is 0.632. The Balaban J connectivity index is 1.46. The summed E-state index contributed by atoms with van der Waals surface area (Å²) in [5, 5.41) is 3.29. The first kappa shape index (κ1) is 21.1. The monoisotopic (exact) mass is 439 g/mol. The topological polar surface area (TPSA) is 87.7 Å². The van der Waals surface area contributed by atoms with Crippen molar-refractivity contribution in [2.45, 2.75) is 11.8 Å². The Morgan fingerprint density at radius 2 is 1.61 bits per heavy atom. The molecule has 0 amide bonds. The van der Waals surface area contributed by atoms with Crippen LogP contribution in [-0.4, -0.2) is 56.0 Å². The molecular weight excluding hydrogens is 414 g/mol. The molecule has 1 saturated heterocycles. The second-order valence-corrected chi connectivity index (χ2v) is 9.19. The number of ether oxygens (including phenoxy) is 1. The first-order valence-electron chi connectivity index (χ1n) is 10.0. The van der Waals surface area contributed by atoms with Crippen molar-refractivity contribution in [1.29, 1.82) is 0 Å². The van der Waals surface area contributed by atoms with Crippen LogP contribution in [0.2, 0.25) is 0 Å². The van der Waals surface area contributed by atoms with Gasteiger partial charge in [0, 0.05) is 43.6 Å². The molecular formula is C22H25N5O3S. The Hall–Kier alpha value is -3.17. The summed E-state index contributed by atoms with van der Waals surface area (Å²) in [4.78, 5) is 11.5. The molecule has 3 aromatic rings. The van der Waals surface area contributed by atoms with Gasteiger partial charge < -0.3 is 15.0 Å². The highest BCUT2D eigenvalue weighted by molar-refractivity contribution is 7.89. The van der Waals surface area contributed by atoms with Gasteiger partial charge in [0.05, 0.1) is 12.0 Å². The van der Waals surface area contributed by atoms with Crippen LogP contribution in [0.3, 0.4) is 0 Å². The number of rotatable bonds is 6. The number of aromatic nitrogens is 2. The number of benzene rings is 2. The van der Waals surface area contributed by atoms with Crippen molar-refractivity contribution in [3.63, 3.8) is 0 Å². The van der Waals surface area contributed by atoms with E-state index in [1.807, 2.05) is 48.2 Å². The molecule has 9 heteroatoms. The lowest BCUT2D eigenvalue weighted by Gasteiger charge is -2.34. The van der Waals surface area contributed by atoms with Crippen LogP contribution in [0.4, 0.5) is 17.5 Å². The second kappa shape index (κ2) is 8.91. The molecule has 4 rings (SSSR count). The Morgan fingerprint density at radius 3 is 2.26 bits per heavy atom. The lowest BCUT2D eigenvalue weighted by atomic mass is 10.3.